The van der Waals surface area contributed by atoms with E-state index >= 15 is 0 Å². The van der Waals surface area contributed by atoms with E-state index in [1.807, 2.05) is 0 Å². The predicted molar refractivity (Wildman–Crippen MR) is 56.6 cm³/mol. The first-order chi connectivity index (χ1) is 6.50. The Bertz CT molecular complexity index is 363. The molecule has 0 saturated heterocycles. The summed E-state index contributed by atoms with van der Waals surface area (Å²) in [6.07, 6.45) is -0.164. The van der Waals surface area contributed by atoms with E-state index in [1.54, 1.807) is 12.1 Å². The van der Waals surface area contributed by atoms with Crippen LogP contribution in [0, 0.1) is 0 Å². The molecule has 0 spiro atoms. The summed E-state index contributed by atoms with van der Waals surface area (Å²) >= 11 is 4.48. The quantitative estimate of drug-likeness (QED) is 0.818. The molecule has 1 aromatic heterocycles. The number of carboxylic acids is 1. The van der Waals surface area contributed by atoms with Crippen molar-refractivity contribution >= 4 is 39.0 Å². The van der Waals surface area contributed by atoms with Gasteiger partial charge in [-0.05, 0) is 28.1 Å². The van der Waals surface area contributed by atoms with Gasteiger partial charge in [-0.3, -0.25) is 9.59 Å². The first-order valence-electron chi connectivity index (χ1n) is 3.77. The van der Waals surface area contributed by atoms with E-state index in [0.29, 0.717) is 4.88 Å². The molecule has 76 valence electrons. The van der Waals surface area contributed by atoms with Gasteiger partial charge in [-0.15, -0.1) is 11.3 Å². The second-order valence-corrected chi connectivity index (χ2v) is 5.14. The molecule has 1 aromatic rings. The summed E-state index contributed by atoms with van der Waals surface area (Å²) in [5.41, 5.74) is 5.23. The number of hydrogen-bond donors (Lipinski definition) is 2. The standard InChI is InChI=1S/C8H8BrNO3S/c9-7-2-1-6(14-7)5(11)3-4(10)8(12)13/h1-2,4H,3,10H2,(H,12,13). The van der Waals surface area contributed by atoms with Crippen molar-refractivity contribution in [3.05, 3.63) is 20.8 Å². The van der Waals surface area contributed by atoms with Gasteiger partial charge in [-0.1, -0.05) is 0 Å². The third kappa shape index (κ3) is 2.90. The Morgan fingerprint density at radius 3 is 2.64 bits per heavy atom. The van der Waals surface area contributed by atoms with Crippen LogP contribution >= 0.6 is 27.3 Å². The third-order valence-corrected chi connectivity index (χ3v) is 3.24. The molecule has 0 amide bonds. The van der Waals surface area contributed by atoms with E-state index in [0.717, 1.165) is 3.79 Å². The van der Waals surface area contributed by atoms with Gasteiger partial charge in [0.25, 0.3) is 0 Å². The lowest BCUT2D eigenvalue weighted by Crippen LogP contribution is -2.32. The molecular formula is C8H8BrNO3S. The first kappa shape index (κ1) is 11.4. The summed E-state index contributed by atoms with van der Waals surface area (Å²) in [4.78, 5) is 22.3. The number of halogens is 1. The van der Waals surface area contributed by atoms with Gasteiger partial charge >= 0.3 is 5.97 Å². The number of aliphatic carboxylic acids is 1. The van der Waals surface area contributed by atoms with E-state index < -0.39 is 12.0 Å². The SMILES string of the molecule is NC(CC(=O)c1ccc(Br)s1)C(=O)O. The fourth-order valence-electron chi connectivity index (χ4n) is 0.852. The monoisotopic (exact) mass is 277 g/mol. The zero-order valence-corrected chi connectivity index (χ0v) is 9.47. The highest BCUT2D eigenvalue weighted by atomic mass is 79.9. The number of Topliss-reactive ketones (excluding diaryl/α,β-unsaturated/α-hetero) is 1. The summed E-state index contributed by atoms with van der Waals surface area (Å²) in [5.74, 6) is -1.40. The first-order valence-corrected chi connectivity index (χ1v) is 5.38. The molecule has 0 radical (unpaired) electrons. The Morgan fingerprint density at radius 1 is 1.57 bits per heavy atom. The van der Waals surface area contributed by atoms with Crippen molar-refractivity contribution in [1.29, 1.82) is 0 Å². The van der Waals surface area contributed by atoms with Gasteiger partial charge in [0.2, 0.25) is 0 Å². The average Bonchev–Trinajstić information content (AvgIpc) is 2.51. The summed E-state index contributed by atoms with van der Waals surface area (Å²) in [7, 11) is 0. The maximum atomic E-state index is 11.4. The van der Waals surface area contributed by atoms with Crippen LogP contribution in [0.5, 0.6) is 0 Å². The van der Waals surface area contributed by atoms with E-state index in [9.17, 15) is 9.59 Å². The molecule has 0 bridgehead atoms. The lowest BCUT2D eigenvalue weighted by atomic mass is 10.1. The fourth-order valence-corrected chi connectivity index (χ4v) is 2.19. The number of hydrogen-bond acceptors (Lipinski definition) is 4. The van der Waals surface area contributed by atoms with E-state index in [-0.39, 0.29) is 12.2 Å². The molecule has 0 aromatic carbocycles. The molecule has 14 heavy (non-hydrogen) atoms. The van der Waals surface area contributed by atoms with Gasteiger partial charge in [0.1, 0.15) is 6.04 Å². The zero-order chi connectivity index (χ0) is 10.7. The Hall–Kier alpha value is -0.720. The lowest BCUT2D eigenvalue weighted by molar-refractivity contribution is -0.138. The topological polar surface area (TPSA) is 80.4 Å². The zero-order valence-electron chi connectivity index (χ0n) is 7.07. The molecule has 0 fully saturated rings. The van der Waals surface area contributed by atoms with Crippen LogP contribution in [0.3, 0.4) is 0 Å². The number of carbonyl (C=O) groups is 2. The third-order valence-electron chi connectivity index (χ3n) is 1.57. The summed E-state index contributed by atoms with van der Waals surface area (Å²) in [5, 5.41) is 8.50. The molecular weight excluding hydrogens is 270 g/mol. The van der Waals surface area contributed by atoms with Crippen LogP contribution in [0.15, 0.2) is 15.9 Å². The highest BCUT2D eigenvalue weighted by Gasteiger charge is 2.18. The molecule has 0 aliphatic rings. The largest absolute Gasteiger partial charge is 0.480 e. The van der Waals surface area contributed by atoms with Crippen LogP contribution in [0.4, 0.5) is 0 Å². The van der Waals surface area contributed by atoms with Crippen LogP contribution in [0.25, 0.3) is 0 Å². The van der Waals surface area contributed by atoms with Crippen molar-refractivity contribution < 1.29 is 14.7 Å². The normalized spacial score (nSPS) is 12.4. The number of rotatable bonds is 4. The van der Waals surface area contributed by atoms with Crippen molar-refractivity contribution in [3.8, 4) is 0 Å². The summed E-state index contributed by atoms with van der Waals surface area (Å²) in [6.45, 7) is 0. The maximum Gasteiger partial charge on any atom is 0.320 e. The van der Waals surface area contributed by atoms with Gasteiger partial charge in [0.15, 0.2) is 5.78 Å². The highest BCUT2D eigenvalue weighted by molar-refractivity contribution is 9.11. The van der Waals surface area contributed by atoms with E-state index in [4.69, 9.17) is 10.8 Å². The van der Waals surface area contributed by atoms with Crippen molar-refractivity contribution in [2.75, 3.05) is 0 Å². The Labute approximate surface area is 92.9 Å². The molecule has 1 heterocycles. The number of thiophene rings is 1. The number of carboxylic acid groups (broad SMARTS) is 1. The molecule has 1 unspecified atom stereocenters. The predicted octanol–water partition coefficient (Wildman–Crippen LogP) is 1.50. The summed E-state index contributed by atoms with van der Waals surface area (Å²) < 4.78 is 0.838. The van der Waals surface area contributed by atoms with Crippen molar-refractivity contribution in [3.63, 3.8) is 0 Å². The summed E-state index contributed by atoms with van der Waals surface area (Å²) in [6, 6.07) is 2.26. The van der Waals surface area contributed by atoms with Crippen LogP contribution in [-0.4, -0.2) is 22.9 Å². The van der Waals surface area contributed by atoms with Crippen LogP contribution in [-0.2, 0) is 4.79 Å². The molecule has 0 saturated carbocycles. The van der Waals surface area contributed by atoms with Gasteiger partial charge in [0.05, 0.1) is 8.66 Å². The molecule has 0 aliphatic carbocycles. The molecule has 3 N–H and O–H groups in total. The Morgan fingerprint density at radius 2 is 2.21 bits per heavy atom. The Balaban J connectivity index is 2.63. The highest BCUT2D eigenvalue weighted by Crippen LogP contribution is 2.23. The molecule has 6 heteroatoms. The molecule has 1 rings (SSSR count). The van der Waals surface area contributed by atoms with Gasteiger partial charge in [0, 0.05) is 6.42 Å². The minimum Gasteiger partial charge on any atom is -0.480 e. The van der Waals surface area contributed by atoms with Gasteiger partial charge < -0.3 is 10.8 Å². The van der Waals surface area contributed by atoms with E-state index in [1.165, 1.54) is 11.3 Å². The Kier molecular flexibility index (Phi) is 3.79. The van der Waals surface area contributed by atoms with Gasteiger partial charge in [-0.25, -0.2) is 0 Å². The minimum absolute atomic E-state index is 0.164. The van der Waals surface area contributed by atoms with Crippen LogP contribution in [0.1, 0.15) is 16.1 Å². The second kappa shape index (κ2) is 4.68. The van der Waals surface area contributed by atoms with Gasteiger partial charge in [-0.2, -0.15) is 0 Å². The minimum atomic E-state index is -1.16. The van der Waals surface area contributed by atoms with E-state index in [2.05, 4.69) is 15.9 Å². The fraction of sp³-hybridized carbons (Fsp3) is 0.250. The number of ketones is 1. The van der Waals surface area contributed by atoms with Crippen molar-refractivity contribution in [2.45, 2.75) is 12.5 Å². The van der Waals surface area contributed by atoms with Crippen LogP contribution < -0.4 is 5.73 Å². The second-order valence-electron chi connectivity index (χ2n) is 2.68. The van der Waals surface area contributed by atoms with Crippen molar-refractivity contribution in [1.82, 2.24) is 0 Å². The van der Waals surface area contributed by atoms with Crippen molar-refractivity contribution in [2.24, 2.45) is 5.73 Å². The number of carbonyl (C=O) groups excluding carboxylic acids is 1. The smallest absolute Gasteiger partial charge is 0.320 e. The average molecular weight is 278 g/mol. The molecule has 0 aliphatic heterocycles. The van der Waals surface area contributed by atoms with Crippen LogP contribution in [0.2, 0.25) is 0 Å². The molecule has 1 atom stereocenters. The molecule has 4 nitrogen and oxygen atoms in total. The lowest BCUT2D eigenvalue weighted by Gasteiger charge is -2.02. The number of nitrogens with two attached hydrogens (primary N) is 1. The maximum absolute atomic E-state index is 11.4.